The van der Waals surface area contributed by atoms with Gasteiger partial charge in [-0.3, -0.25) is 10.1 Å². The Morgan fingerprint density at radius 3 is 2.38 bits per heavy atom. The van der Waals surface area contributed by atoms with Crippen molar-refractivity contribution in [2.45, 2.75) is 26.2 Å². The van der Waals surface area contributed by atoms with Crippen LogP contribution < -0.4 is 11.1 Å². The van der Waals surface area contributed by atoms with Gasteiger partial charge >= 0.3 is 5.69 Å². The number of nitro groups is 1. The van der Waals surface area contributed by atoms with E-state index in [9.17, 15) is 10.1 Å². The van der Waals surface area contributed by atoms with Gasteiger partial charge in [0.25, 0.3) is 0 Å². The molecule has 1 aromatic carbocycles. The zero-order valence-corrected chi connectivity index (χ0v) is 12.1. The highest BCUT2D eigenvalue weighted by Crippen LogP contribution is 2.27. The van der Waals surface area contributed by atoms with Crippen molar-refractivity contribution in [1.29, 1.82) is 0 Å². The van der Waals surface area contributed by atoms with Gasteiger partial charge in [-0.1, -0.05) is 32.9 Å². The molecule has 0 saturated heterocycles. The fourth-order valence-electron chi connectivity index (χ4n) is 1.80. The van der Waals surface area contributed by atoms with Crippen LogP contribution in [0, 0.1) is 10.1 Å². The molecule has 0 saturated carbocycles. The summed E-state index contributed by atoms with van der Waals surface area (Å²) in [4.78, 5) is 17.9. The van der Waals surface area contributed by atoms with Crippen molar-refractivity contribution in [3.05, 3.63) is 46.1 Å². The highest BCUT2D eigenvalue weighted by molar-refractivity contribution is 5.65. The average molecular weight is 287 g/mol. The second kappa shape index (κ2) is 5.35. The maximum absolute atomic E-state index is 11.0. The predicted molar refractivity (Wildman–Crippen MR) is 81.5 cm³/mol. The molecule has 21 heavy (non-hydrogen) atoms. The first-order valence-corrected chi connectivity index (χ1v) is 6.42. The number of rotatable bonds is 3. The summed E-state index contributed by atoms with van der Waals surface area (Å²) in [6.07, 6.45) is 1.09. The van der Waals surface area contributed by atoms with Crippen LogP contribution in [0.1, 0.15) is 26.3 Å². The Labute approximate surface area is 122 Å². The molecule has 0 bridgehead atoms. The van der Waals surface area contributed by atoms with Gasteiger partial charge in [0.1, 0.15) is 6.20 Å². The highest BCUT2D eigenvalue weighted by atomic mass is 16.6. The van der Waals surface area contributed by atoms with Gasteiger partial charge in [0.15, 0.2) is 0 Å². The first kappa shape index (κ1) is 14.7. The number of nitrogens with one attached hydrogen (secondary N) is 1. The van der Waals surface area contributed by atoms with E-state index in [1.165, 1.54) is 5.56 Å². The third kappa shape index (κ3) is 3.44. The molecule has 2 aromatic rings. The summed E-state index contributed by atoms with van der Waals surface area (Å²) in [6.45, 7) is 6.35. The molecule has 7 nitrogen and oxygen atoms in total. The molecule has 0 fully saturated rings. The van der Waals surface area contributed by atoms with E-state index in [1.807, 2.05) is 24.3 Å². The van der Waals surface area contributed by atoms with Crippen LogP contribution in [0.15, 0.2) is 30.5 Å². The van der Waals surface area contributed by atoms with Gasteiger partial charge in [-0.05, 0) is 23.1 Å². The monoisotopic (exact) mass is 287 g/mol. The van der Waals surface area contributed by atoms with E-state index in [-0.39, 0.29) is 22.9 Å². The third-order valence-corrected chi connectivity index (χ3v) is 3.00. The van der Waals surface area contributed by atoms with E-state index >= 15 is 0 Å². The minimum atomic E-state index is -0.550. The summed E-state index contributed by atoms with van der Waals surface area (Å²) < 4.78 is 0. The molecule has 0 spiro atoms. The summed E-state index contributed by atoms with van der Waals surface area (Å²) in [6, 6.07) is 7.64. The molecule has 110 valence electrons. The van der Waals surface area contributed by atoms with Crippen LogP contribution in [-0.4, -0.2) is 14.9 Å². The minimum Gasteiger partial charge on any atom is -0.368 e. The Morgan fingerprint density at radius 1 is 1.24 bits per heavy atom. The number of hydrogen-bond donors (Lipinski definition) is 2. The van der Waals surface area contributed by atoms with Crippen molar-refractivity contribution in [3.8, 4) is 0 Å². The molecule has 0 aliphatic heterocycles. The lowest BCUT2D eigenvalue weighted by molar-refractivity contribution is -0.384. The zero-order chi connectivity index (χ0) is 15.6. The molecule has 1 aromatic heterocycles. The fraction of sp³-hybridized carbons (Fsp3) is 0.286. The molecule has 7 heteroatoms. The topological polar surface area (TPSA) is 107 Å². The van der Waals surface area contributed by atoms with Gasteiger partial charge in [0.2, 0.25) is 11.8 Å². The number of anilines is 3. The van der Waals surface area contributed by atoms with Gasteiger partial charge in [-0.15, -0.1) is 0 Å². The Morgan fingerprint density at radius 2 is 1.86 bits per heavy atom. The lowest BCUT2D eigenvalue weighted by Crippen LogP contribution is -2.10. The number of benzene rings is 1. The Bertz CT molecular complexity index is 662. The largest absolute Gasteiger partial charge is 0.368 e. The van der Waals surface area contributed by atoms with E-state index < -0.39 is 4.92 Å². The van der Waals surface area contributed by atoms with E-state index in [0.29, 0.717) is 5.69 Å². The van der Waals surface area contributed by atoms with Gasteiger partial charge < -0.3 is 11.1 Å². The van der Waals surface area contributed by atoms with E-state index in [2.05, 4.69) is 36.1 Å². The second-order valence-corrected chi connectivity index (χ2v) is 5.67. The smallest absolute Gasteiger partial charge is 0.329 e. The predicted octanol–water partition coefficient (Wildman–Crippen LogP) is 3.01. The lowest BCUT2D eigenvalue weighted by Gasteiger charge is -2.19. The van der Waals surface area contributed by atoms with E-state index in [4.69, 9.17) is 5.73 Å². The first-order valence-electron chi connectivity index (χ1n) is 6.42. The van der Waals surface area contributed by atoms with Crippen molar-refractivity contribution in [2.75, 3.05) is 11.1 Å². The van der Waals surface area contributed by atoms with Crippen LogP contribution in [0.4, 0.5) is 23.1 Å². The quantitative estimate of drug-likeness (QED) is 0.663. The minimum absolute atomic E-state index is 0.0191. The van der Waals surface area contributed by atoms with Crippen LogP contribution in [0.3, 0.4) is 0 Å². The second-order valence-electron chi connectivity index (χ2n) is 5.67. The molecule has 0 atom stereocenters. The molecule has 0 unspecified atom stereocenters. The first-order chi connectivity index (χ1) is 9.77. The number of nitrogen functional groups attached to an aromatic ring is 1. The molecular weight excluding hydrogens is 270 g/mol. The molecule has 0 radical (unpaired) electrons. The SMILES string of the molecule is CC(C)(C)c1ccc(Nc2nc(N)ncc2[N+](=O)[O-])cc1. The summed E-state index contributed by atoms with van der Waals surface area (Å²) in [5.41, 5.74) is 7.17. The summed E-state index contributed by atoms with van der Waals surface area (Å²) >= 11 is 0. The average Bonchev–Trinajstić information content (AvgIpc) is 2.38. The third-order valence-electron chi connectivity index (χ3n) is 3.00. The van der Waals surface area contributed by atoms with Crippen LogP contribution >= 0.6 is 0 Å². The van der Waals surface area contributed by atoms with Gasteiger partial charge in [-0.2, -0.15) is 4.98 Å². The zero-order valence-electron chi connectivity index (χ0n) is 12.1. The number of nitrogens with zero attached hydrogens (tertiary/aromatic N) is 3. The maximum atomic E-state index is 11.0. The summed E-state index contributed by atoms with van der Waals surface area (Å²) in [7, 11) is 0. The van der Waals surface area contributed by atoms with Crippen molar-refractivity contribution in [1.82, 2.24) is 9.97 Å². The lowest BCUT2D eigenvalue weighted by atomic mass is 9.87. The molecule has 1 heterocycles. The van der Waals surface area contributed by atoms with Crippen molar-refractivity contribution in [3.63, 3.8) is 0 Å². The molecule has 0 aliphatic carbocycles. The maximum Gasteiger partial charge on any atom is 0.329 e. The molecular formula is C14H17N5O2. The van der Waals surface area contributed by atoms with Crippen LogP contribution in [-0.2, 0) is 5.41 Å². The van der Waals surface area contributed by atoms with Crippen molar-refractivity contribution in [2.24, 2.45) is 0 Å². The molecule has 3 N–H and O–H groups in total. The van der Waals surface area contributed by atoms with Crippen molar-refractivity contribution < 1.29 is 4.92 Å². The Hall–Kier alpha value is -2.70. The Kier molecular flexibility index (Phi) is 3.75. The van der Waals surface area contributed by atoms with Crippen LogP contribution in [0.5, 0.6) is 0 Å². The molecule has 2 rings (SSSR count). The van der Waals surface area contributed by atoms with E-state index in [0.717, 1.165) is 6.20 Å². The highest BCUT2D eigenvalue weighted by Gasteiger charge is 2.17. The summed E-state index contributed by atoms with van der Waals surface area (Å²) in [5, 5.41) is 13.9. The van der Waals surface area contributed by atoms with Gasteiger partial charge in [0, 0.05) is 5.69 Å². The van der Waals surface area contributed by atoms with Crippen LogP contribution in [0.2, 0.25) is 0 Å². The van der Waals surface area contributed by atoms with Gasteiger partial charge in [-0.25, -0.2) is 4.98 Å². The van der Waals surface area contributed by atoms with Crippen LogP contribution in [0.25, 0.3) is 0 Å². The van der Waals surface area contributed by atoms with Crippen molar-refractivity contribution >= 4 is 23.1 Å². The number of hydrogen-bond acceptors (Lipinski definition) is 6. The number of nitrogens with two attached hydrogens (primary N) is 1. The standard InChI is InChI=1S/C14H17N5O2/c1-14(2,3)9-4-6-10(7-5-9)17-12-11(19(20)21)8-16-13(15)18-12/h4-8H,1-3H3,(H3,15,16,17,18). The van der Waals surface area contributed by atoms with E-state index in [1.54, 1.807) is 0 Å². The number of aromatic nitrogens is 2. The molecule has 0 aliphatic rings. The normalized spacial score (nSPS) is 11.2. The van der Waals surface area contributed by atoms with Gasteiger partial charge in [0.05, 0.1) is 4.92 Å². The summed E-state index contributed by atoms with van der Waals surface area (Å²) in [5.74, 6) is 0.0606. The fourth-order valence-corrected chi connectivity index (χ4v) is 1.80. The Balaban J connectivity index is 2.30. The molecule has 0 amide bonds.